The van der Waals surface area contributed by atoms with Crippen LogP contribution in [0.15, 0.2) is 78.9 Å². The molecule has 1 aliphatic rings. The van der Waals surface area contributed by atoms with E-state index in [0.29, 0.717) is 11.3 Å². The van der Waals surface area contributed by atoms with Gasteiger partial charge in [0.25, 0.3) is 11.8 Å². The zero-order valence-electron chi connectivity index (χ0n) is 23.1. The molecule has 0 saturated heterocycles. The van der Waals surface area contributed by atoms with Gasteiger partial charge in [0.15, 0.2) is 0 Å². The third kappa shape index (κ3) is 7.36. The Morgan fingerprint density at radius 1 is 0.805 bits per heavy atom. The summed E-state index contributed by atoms with van der Waals surface area (Å²) in [4.78, 5) is 65.4. The lowest BCUT2D eigenvalue weighted by Crippen LogP contribution is -2.50. The molecule has 1 atom stereocenters. The summed E-state index contributed by atoms with van der Waals surface area (Å²) in [6.07, 6.45) is -0.585. The second-order valence-electron chi connectivity index (χ2n) is 10.5. The number of benzene rings is 3. The maximum atomic E-state index is 13.6. The fourth-order valence-corrected chi connectivity index (χ4v) is 4.39. The molecule has 5 amide bonds. The number of ether oxygens (including phenoxy) is 1. The Hall–Kier alpha value is -4.99. The van der Waals surface area contributed by atoms with E-state index in [1.54, 1.807) is 69.3 Å². The van der Waals surface area contributed by atoms with Crippen molar-refractivity contribution in [2.75, 3.05) is 11.9 Å². The minimum absolute atomic E-state index is 0.0171. The smallest absolute Gasteiger partial charge is 0.408 e. The second-order valence-corrected chi connectivity index (χ2v) is 10.5. The van der Waals surface area contributed by atoms with E-state index in [4.69, 9.17) is 4.74 Å². The number of fused-ring (bicyclic) bond motifs is 1. The fraction of sp³-hybridized carbons (Fsp3) is 0.258. The van der Waals surface area contributed by atoms with Crippen LogP contribution in [0.5, 0.6) is 0 Å². The van der Waals surface area contributed by atoms with Crippen LogP contribution in [0.3, 0.4) is 0 Å². The van der Waals surface area contributed by atoms with Crippen LogP contribution in [0.4, 0.5) is 10.5 Å². The van der Waals surface area contributed by atoms with Crippen molar-refractivity contribution >= 4 is 35.4 Å². The number of anilines is 1. The van der Waals surface area contributed by atoms with E-state index in [0.717, 1.165) is 10.5 Å². The predicted molar refractivity (Wildman–Crippen MR) is 152 cm³/mol. The molecule has 0 aromatic heterocycles. The van der Waals surface area contributed by atoms with Gasteiger partial charge < -0.3 is 20.7 Å². The van der Waals surface area contributed by atoms with Crippen LogP contribution in [0.1, 0.15) is 52.6 Å². The first kappa shape index (κ1) is 29.0. The van der Waals surface area contributed by atoms with Crippen molar-refractivity contribution in [1.82, 2.24) is 15.5 Å². The normalized spacial score (nSPS) is 13.3. The van der Waals surface area contributed by atoms with Gasteiger partial charge in [0.1, 0.15) is 18.2 Å². The molecule has 10 heteroatoms. The number of rotatable bonds is 9. The number of hydrogen-bond acceptors (Lipinski definition) is 6. The molecular weight excluding hydrogens is 524 g/mol. The monoisotopic (exact) mass is 556 g/mol. The Kier molecular flexibility index (Phi) is 8.81. The molecule has 3 N–H and O–H groups in total. The Morgan fingerprint density at radius 3 is 2.02 bits per heavy atom. The maximum absolute atomic E-state index is 13.6. The van der Waals surface area contributed by atoms with Gasteiger partial charge in [-0.3, -0.25) is 24.1 Å². The largest absolute Gasteiger partial charge is 0.444 e. The van der Waals surface area contributed by atoms with Gasteiger partial charge in [-0.05, 0) is 50.1 Å². The van der Waals surface area contributed by atoms with Crippen molar-refractivity contribution in [2.45, 2.75) is 45.4 Å². The van der Waals surface area contributed by atoms with Gasteiger partial charge in [-0.2, -0.15) is 0 Å². The molecule has 0 spiro atoms. The van der Waals surface area contributed by atoms with Crippen molar-refractivity contribution in [2.24, 2.45) is 0 Å². The molecule has 4 rings (SSSR count). The van der Waals surface area contributed by atoms with E-state index in [1.165, 1.54) is 0 Å². The number of carbonyl (C=O) groups excluding carboxylic acids is 5. The molecule has 1 heterocycles. The summed E-state index contributed by atoms with van der Waals surface area (Å²) in [7, 11) is 0. The van der Waals surface area contributed by atoms with Gasteiger partial charge in [-0.25, -0.2) is 4.79 Å². The van der Waals surface area contributed by atoms with Crippen molar-refractivity contribution in [3.63, 3.8) is 0 Å². The highest BCUT2D eigenvalue weighted by molar-refractivity contribution is 6.22. The van der Waals surface area contributed by atoms with Crippen LogP contribution in [0.25, 0.3) is 0 Å². The Morgan fingerprint density at radius 2 is 1.39 bits per heavy atom. The number of imide groups is 1. The van der Waals surface area contributed by atoms with Crippen molar-refractivity contribution in [3.8, 4) is 0 Å². The SMILES string of the molecule is CC(C)(C)OC(=O)NCC(=O)Nc1ccccc1CNC(=O)C(Cc1ccccc1)N1C(=O)c2ccccc2C1=O. The number of amides is 5. The number of para-hydroxylation sites is 1. The molecule has 212 valence electrons. The van der Waals surface area contributed by atoms with Gasteiger partial charge in [-0.1, -0.05) is 60.7 Å². The lowest BCUT2D eigenvalue weighted by molar-refractivity contribution is -0.125. The van der Waals surface area contributed by atoms with E-state index in [2.05, 4.69) is 16.0 Å². The quantitative estimate of drug-likeness (QED) is 0.345. The number of hydrogen-bond donors (Lipinski definition) is 3. The predicted octanol–water partition coefficient (Wildman–Crippen LogP) is 3.67. The lowest BCUT2D eigenvalue weighted by atomic mass is 10.0. The van der Waals surface area contributed by atoms with Crippen molar-refractivity contribution in [1.29, 1.82) is 0 Å². The molecule has 3 aromatic rings. The molecule has 0 radical (unpaired) electrons. The van der Waals surface area contributed by atoms with Gasteiger partial charge >= 0.3 is 6.09 Å². The molecule has 0 saturated carbocycles. The average molecular weight is 557 g/mol. The van der Waals surface area contributed by atoms with E-state index in [-0.39, 0.29) is 30.6 Å². The van der Waals surface area contributed by atoms with Gasteiger partial charge in [0, 0.05) is 18.7 Å². The van der Waals surface area contributed by atoms with E-state index >= 15 is 0 Å². The standard InChI is InChI=1S/C31H32N4O6/c1-31(2,3)41-30(40)33-19-26(36)34-24-16-10-7-13-21(24)18-32-27(37)25(17-20-11-5-4-6-12-20)35-28(38)22-14-8-9-15-23(22)29(35)39/h4-16,25H,17-19H2,1-3H3,(H,32,37)(H,33,40)(H,34,36). The topological polar surface area (TPSA) is 134 Å². The van der Waals surface area contributed by atoms with E-state index in [1.807, 2.05) is 30.3 Å². The van der Waals surface area contributed by atoms with E-state index < -0.39 is 41.4 Å². The van der Waals surface area contributed by atoms with Crippen LogP contribution >= 0.6 is 0 Å². The Labute approximate surface area is 238 Å². The number of carbonyl (C=O) groups is 5. The summed E-state index contributed by atoms with van der Waals surface area (Å²) in [6.45, 7) is 4.86. The molecule has 10 nitrogen and oxygen atoms in total. The van der Waals surface area contributed by atoms with Gasteiger partial charge in [-0.15, -0.1) is 0 Å². The third-order valence-electron chi connectivity index (χ3n) is 6.25. The van der Waals surface area contributed by atoms with Crippen molar-refractivity contribution < 1.29 is 28.7 Å². The first-order chi connectivity index (χ1) is 19.5. The van der Waals surface area contributed by atoms with Crippen LogP contribution in [-0.2, 0) is 27.3 Å². The van der Waals surface area contributed by atoms with Gasteiger partial charge in [0.2, 0.25) is 11.8 Å². The first-order valence-corrected chi connectivity index (χ1v) is 13.2. The van der Waals surface area contributed by atoms with Crippen LogP contribution < -0.4 is 16.0 Å². The summed E-state index contributed by atoms with van der Waals surface area (Å²) in [5.41, 5.74) is 1.63. The van der Waals surface area contributed by atoms with Gasteiger partial charge in [0.05, 0.1) is 11.1 Å². The summed E-state index contributed by atoms with van der Waals surface area (Å²) in [6, 6.07) is 21.4. The highest BCUT2D eigenvalue weighted by Crippen LogP contribution is 2.26. The number of alkyl carbamates (subject to hydrolysis) is 1. The molecule has 0 bridgehead atoms. The summed E-state index contributed by atoms with van der Waals surface area (Å²) in [5, 5.41) is 7.95. The Bertz CT molecular complexity index is 1430. The summed E-state index contributed by atoms with van der Waals surface area (Å²) >= 11 is 0. The first-order valence-electron chi connectivity index (χ1n) is 13.2. The summed E-state index contributed by atoms with van der Waals surface area (Å²) in [5.74, 6) is -2.04. The van der Waals surface area contributed by atoms with Crippen LogP contribution in [-0.4, -0.2) is 52.8 Å². The molecule has 0 fully saturated rings. The molecule has 1 aliphatic heterocycles. The molecule has 41 heavy (non-hydrogen) atoms. The second kappa shape index (κ2) is 12.5. The molecule has 0 aliphatic carbocycles. The minimum Gasteiger partial charge on any atom is -0.444 e. The highest BCUT2D eigenvalue weighted by Gasteiger charge is 2.42. The molecule has 1 unspecified atom stereocenters. The highest BCUT2D eigenvalue weighted by atomic mass is 16.6. The van der Waals surface area contributed by atoms with E-state index in [9.17, 15) is 24.0 Å². The zero-order chi connectivity index (χ0) is 29.6. The van der Waals surface area contributed by atoms with Crippen LogP contribution in [0, 0.1) is 0 Å². The fourth-order valence-electron chi connectivity index (χ4n) is 4.39. The van der Waals surface area contributed by atoms with Crippen molar-refractivity contribution in [3.05, 3.63) is 101 Å². The zero-order valence-corrected chi connectivity index (χ0v) is 23.1. The molecular formula is C31H32N4O6. The molecule has 3 aromatic carbocycles. The average Bonchev–Trinajstić information content (AvgIpc) is 3.19. The number of nitrogens with one attached hydrogen (secondary N) is 3. The lowest BCUT2D eigenvalue weighted by Gasteiger charge is -2.26. The third-order valence-corrected chi connectivity index (χ3v) is 6.25. The summed E-state index contributed by atoms with van der Waals surface area (Å²) < 4.78 is 5.14. The minimum atomic E-state index is -1.09. The number of nitrogens with zero attached hydrogens (tertiary/aromatic N) is 1. The Balaban J connectivity index is 1.46. The maximum Gasteiger partial charge on any atom is 0.408 e. The van der Waals surface area contributed by atoms with Crippen LogP contribution in [0.2, 0.25) is 0 Å².